The molecule has 0 saturated heterocycles. The normalized spacial score (nSPS) is 10.8. The first kappa shape index (κ1) is 18.1. The van der Waals surface area contributed by atoms with Crippen molar-refractivity contribution in [3.05, 3.63) is 57.6 Å². The standard InChI is InChI=1S/C17H17Cl2N3O2/c1-2-24-17-14(18)7-12(8-15(17)19)10-21-22-16(23)9-11-3-5-13(20)6-4-11/h3-8,10H,2,9,20H2,1H3,(H,22,23)/b21-10-. The number of hydrogen-bond acceptors (Lipinski definition) is 4. The Hall–Kier alpha value is -2.24. The molecule has 0 unspecified atom stereocenters. The number of amides is 1. The van der Waals surface area contributed by atoms with Gasteiger partial charge in [0.15, 0.2) is 5.75 Å². The van der Waals surface area contributed by atoms with Crippen LogP contribution in [-0.2, 0) is 11.2 Å². The molecule has 126 valence electrons. The molecule has 0 radical (unpaired) electrons. The monoisotopic (exact) mass is 365 g/mol. The fourth-order valence-electron chi connectivity index (χ4n) is 1.98. The van der Waals surface area contributed by atoms with Gasteiger partial charge < -0.3 is 10.5 Å². The molecule has 0 saturated carbocycles. The summed E-state index contributed by atoms with van der Waals surface area (Å²) in [5.41, 5.74) is 10.2. The van der Waals surface area contributed by atoms with E-state index < -0.39 is 0 Å². The van der Waals surface area contributed by atoms with Crippen molar-refractivity contribution in [2.75, 3.05) is 12.3 Å². The molecule has 24 heavy (non-hydrogen) atoms. The highest BCUT2D eigenvalue weighted by Crippen LogP contribution is 2.33. The van der Waals surface area contributed by atoms with E-state index in [2.05, 4.69) is 10.5 Å². The lowest BCUT2D eigenvalue weighted by atomic mass is 10.1. The number of halogens is 2. The quantitative estimate of drug-likeness (QED) is 0.465. The maximum absolute atomic E-state index is 11.8. The summed E-state index contributed by atoms with van der Waals surface area (Å²) < 4.78 is 5.35. The average molecular weight is 366 g/mol. The Morgan fingerprint density at radius 1 is 1.25 bits per heavy atom. The second-order valence-corrected chi connectivity index (χ2v) is 5.77. The number of nitrogens with two attached hydrogens (primary N) is 1. The Balaban J connectivity index is 1.96. The molecule has 3 N–H and O–H groups in total. The van der Waals surface area contributed by atoms with E-state index in [1.165, 1.54) is 6.21 Å². The zero-order valence-corrected chi connectivity index (χ0v) is 14.6. The molecule has 0 fully saturated rings. The fourth-order valence-corrected chi connectivity index (χ4v) is 2.59. The van der Waals surface area contributed by atoms with Crippen molar-refractivity contribution in [2.24, 2.45) is 5.10 Å². The maximum atomic E-state index is 11.8. The van der Waals surface area contributed by atoms with Crippen LogP contribution in [0.2, 0.25) is 10.0 Å². The van der Waals surface area contributed by atoms with Gasteiger partial charge in [0.05, 0.1) is 29.3 Å². The molecule has 2 aromatic rings. The van der Waals surface area contributed by atoms with Gasteiger partial charge in [-0.1, -0.05) is 35.3 Å². The largest absolute Gasteiger partial charge is 0.491 e. The Bertz CT molecular complexity index is 723. The van der Waals surface area contributed by atoms with Crippen LogP contribution in [-0.4, -0.2) is 18.7 Å². The third-order valence-corrected chi connectivity index (χ3v) is 3.62. The number of benzene rings is 2. The molecule has 0 bridgehead atoms. The SMILES string of the molecule is CCOc1c(Cl)cc(/C=N\NC(=O)Cc2ccc(N)cc2)cc1Cl. The van der Waals surface area contributed by atoms with Crippen LogP contribution >= 0.6 is 23.2 Å². The third-order valence-electron chi connectivity index (χ3n) is 3.06. The van der Waals surface area contributed by atoms with Crippen LogP contribution in [0.4, 0.5) is 5.69 Å². The molecular formula is C17H17Cl2N3O2. The van der Waals surface area contributed by atoms with Crippen molar-refractivity contribution in [3.8, 4) is 5.75 Å². The van der Waals surface area contributed by atoms with Gasteiger partial charge in [0.2, 0.25) is 5.91 Å². The highest BCUT2D eigenvalue weighted by atomic mass is 35.5. The second kappa shape index (κ2) is 8.57. The minimum Gasteiger partial charge on any atom is -0.491 e. The number of hydrazone groups is 1. The summed E-state index contributed by atoms with van der Waals surface area (Å²) in [7, 11) is 0. The number of nitrogens with one attached hydrogen (secondary N) is 1. The van der Waals surface area contributed by atoms with E-state index in [-0.39, 0.29) is 12.3 Å². The first-order valence-corrected chi connectivity index (χ1v) is 8.03. The van der Waals surface area contributed by atoms with Crippen LogP contribution in [0.5, 0.6) is 5.75 Å². The van der Waals surface area contributed by atoms with Gasteiger partial charge in [-0.2, -0.15) is 5.10 Å². The number of nitrogen functional groups attached to an aromatic ring is 1. The molecule has 1 amide bonds. The van der Waals surface area contributed by atoms with E-state index in [9.17, 15) is 4.79 Å². The Morgan fingerprint density at radius 2 is 1.88 bits per heavy atom. The number of anilines is 1. The zero-order chi connectivity index (χ0) is 17.5. The zero-order valence-electron chi connectivity index (χ0n) is 13.1. The topological polar surface area (TPSA) is 76.7 Å². The van der Waals surface area contributed by atoms with Crippen LogP contribution in [0.1, 0.15) is 18.1 Å². The smallest absolute Gasteiger partial charge is 0.244 e. The van der Waals surface area contributed by atoms with E-state index in [1.54, 1.807) is 36.4 Å². The summed E-state index contributed by atoms with van der Waals surface area (Å²) >= 11 is 12.2. The van der Waals surface area contributed by atoms with Crippen LogP contribution in [0.25, 0.3) is 0 Å². The molecule has 0 aliphatic rings. The van der Waals surface area contributed by atoms with Gasteiger partial charge in [-0.15, -0.1) is 0 Å². The molecule has 0 aromatic heterocycles. The summed E-state index contributed by atoms with van der Waals surface area (Å²) in [4.78, 5) is 11.8. The molecule has 2 rings (SSSR count). The summed E-state index contributed by atoms with van der Waals surface area (Å²) in [5, 5.41) is 4.68. The number of carbonyl (C=O) groups is 1. The Morgan fingerprint density at radius 3 is 2.46 bits per heavy atom. The highest BCUT2D eigenvalue weighted by molar-refractivity contribution is 6.37. The molecule has 0 atom stereocenters. The van der Waals surface area contributed by atoms with Crippen LogP contribution < -0.4 is 15.9 Å². The first-order valence-electron chi connectivity index (χ1n) is 7.27. The maximum Gasteiger partial charge on any atom is 0.244 e. The number of rotatable bonds is 6. The summed E-state index contributed by atoms with van der Waals surface area (Å²) in [6.07, 6.45) is 1.68. The lowest BCUT2D eigenvalue weighted by Gasteiger charge is -2.08. The van der Waals surface area contributed by atoms with E-state index in [0.29, 0.717) is 33.7 Å². The summed E-state index contributed by atoms with van der Waals surface area (Å²) in [6.45, 7) is 2.31. The Labute approximate surface area is 150 Å². The van der Waals surface area contributed by atoms with Gasteiger partial charge in [0.1, 0.15) is 0 Å². The lowest BCUT2D eigenvalue weighted by Crippen LogP contribution is -2.19. The van der Waals surface area contributed by atoms with Crippen molar-refractivity contribution in [1.29, 1.82) is 0 Å². The molecular weight excluding hydrogens is 349 g/mol. The van der Waals surface area contributed by atoms with Crippen molar-refractivity contribution in [3.63, 3.8) is 0 Å². The first-order chi connectivity index (χ1) is 11.5. The molecule has 0 heterocycles. The van der Waals surface area contributed by atoms with Gasteiger partial charge in [0, 0.05) is 5.69 Å². The third kappa shape index (κ3) is 5.15. The molecule has 7 heteroatoms. The highest BCUT2D eigenvalue weighted by Gasteiger charge is 2.08. The molecule has 0 aliphatic heterocycles. The predicted molar refractivity (Wildman–Crippen MR) is 97.9 cm³/mol. The van der Waals surface area contributed by atoms with E-state index in [0.717, 1.165) is 5.56 Å². The fraction of sp³-hybridized carbons (Fsp3) is 0.176. The average Bonchev–Trinajstić information content (AvgIpc) is 2.53. The van der Waals surface area contributed by atoms with Gasteiger partial charge in [0.25, 0.3) is 0 Å². The molecule has 5 nitrogen and oxygen atoms in total. The van der Waals surface area contributed by atoms with E-state index in [4.69, 9.17) is 33.7 Å². The lowest BCUT2D eigenvalue weighted by molar-refractivity contribution is -0.120. The number of nitrogens with zero attached hydrogens (tertiary/aromatic N) is 1. The van der Waals surface area contributed by atoms with Crippen molar-refractivity contribution >= 4 is 41.0 Å². The van der Waals surface area contributed by atoms with Gasteiger partial charge >= 0.3 is 0 Å². The van der Waals surface area contributed by atoms with E-state index >= 15 is 0 Å². The summed E-state index contributed by atoms with van der Waals surface area (Å²) in [6, 6.07) is 10.4. The van der Waals surface area contributed by atoms with Gasteiger partial charge in [-0.3, -0.25) is 4.79 Å². The molecule has 0 spiro atoms. The van der Waals surface area contributed by atoms with Crippen molar-refractivity contribution in [1.82, 2.24) is 5.43 Å². The number of carbonyl (C=O) groups excluding carboxylic acids is 1. The number of hydrogen-bond donors (Lipinski definition) is 2. The second-order valence-electron chi connectivity index (χ2n) is 4.96. The van der Waals surface area contributed by atoms with Crippen molar-refractivity contribution in [2.45, 2.75) is 13.3 Å². The number of ether oxygens (including phenoxy) is 1. The Kier molecular flexibility index (Phi) is 6.46. The predicted octanol–water partition coefficient (Wildman–Crippen LogP) is 3.67. The minimum atomic E-state index is -0.237. The van der Waals surface area contributed by atoms with Crippen LogP contribution in [0.3, 0.4) is 0 Å². The minimum absolute atomic E-state index is 0.211. The van der Waals surface area contributed by atoms with Gasteiger partial charge in [-0.05, 0) is 42.3 Å². The molecule has 0 aliphatic carbocycles. The van der Waals surface area contributed by atoms with E-state index in [1.807, 2.05) is 6.92 Å². The summed E-state index contributed by atoms with van der Waals surface area (Å²) in [5.74, 6) is 0.199. The van der Waals surface area contributed by atoms with Crippen LogP contribution in [0, 0.1) is 0 Å². The van der Waals surface area contributed by atoms with Gasteiger partial charge in [-0.25, -0.2) is 5.43 Å². The van der Waals surface area contributed by atoms with Crippen LogP contribution in [0.15, 0.2) is 41.5 Å². The molecule has 2 aromatic carbocycles. The van der Waals surface area contributed by atoms with Crippen molar-refractivity contribution < 1.29 is 9.53 Å².